The number of benzene rings is 1. The van der Waals surface area contributed by atoms with Gasteiger partial charge in [0, 0.05) is 11.5 Å². The van der Waals surface area contributed by atoms with Gasteiger partial charge in [0.05, 0.1) is 24.6 Å². The van der Waals surface area contributed by atoms with Gasteiger partial charge >= 0.3 is 5.97 Å². The van der Waals surface area contributed by atoms with Crippen molar-refractivity contribution in [1.29, 1.82) is 0 Å². The highest BCUT2D eigenvalue weighted by molar-refractivity contribution is 9.11. The van der Waals surface area contributed by atoms with Crippen molar-refractivity contribution in [1.82, 2.24) is 0 Å². The van der Waals surface area contributed by atoms with Gasteiger partial charge in [0.15, 0.2) is 0 Å². The van der Waals surface area contributed by atoms with Gasteiger partial charge in [-0.2, -0.15) is 0 Å². The molecule has 0 aliphatic carbocycles. The Morgan fingerprint density at radius 1 is 1.65 bits per heavy atom. The predicted molar refractivity (Wildman–Crippen MR) is 68.4 cm³/mol. The first-order valence-corrected chi connectivity index (χ1v) is 6.53. The van der Waals surface area contributed by atoms with Gasteiger partial charge in [0.25, 0.3) is 0 Å². The Morgan fingerprint density at radius 2 is 2.35 bits per heavy atom. The van der Waals surface area contributed by atoms with E-state index in [0.717, 1.165) is 5.56 Å². The van der Waals surface area contributed by atoms with Crippen LogP contribution in [0.15, 0.2) is 15.0 Å². The number of carbonyl (C=O) groups is 1. The monoisotopic (exact) mass is 364 g/mol. The van der Waals surface area contributed by atoms with E-state index < -0.39 is 0 Å². The van der Waals surface area contributed by atoms with Crippen LogP contribution in [0.4, 0.5) is 0 Å². The van der Waals surface area contributed by atoms with E-state index in [1.807, 2.05) is 0 Å². The molecule has 92 valence electrons. The topological polar surface area (TPSA) is 55.8 Å². The lowest BCUT2D eigenvalue weighted by Crippen LogP contribution is -2.09. The molecular formula is C11H10Br2O4. The number of ether oxygens (including phenoxy) is 2. The van der Waals surface area contributed by atoms with E-state index in [4.69, 9.17) is 4.74 Å². The summed E-state index contributed by atoms with van der Waals surface area (Å²) < 4.78 is 11.2. The van der Waals surface area contributed by atoms with Crippen LogP contribution in [0.3, 0.4) is 0 Å². The van der Waals surface area contributed by atoms with E-state index in [0.29, 0.717) is 21.3 Å². The fourth-order valence-electron chi connectivity index (χ4n) is 1.79. The van der Waals surface area contributed by atoms with Gasteiger partial charge in [0.1, 0.15) is 16.0 Å². The fourth-order valence-corrected chi connectivity index (χ4v) is 3.05. The lowest BCUT2D eigenvalue weighted by molar-refractivity contribution is -0.141. The number of esters is 1. The molecular weight excluding hydrogens is 356 g/mol. The van der Waals surface area contributed by atoms with Crippen LogP contribution in [0.5, 0.6) is 11.5 Å². The van der Waals surface area contributed by atoms with Crippen molar-refractivity contribution in [3.63, 3.8) is 0 Å². The number of methoxy groups -OCH3 is 1. The first-order chi connectivity index (χ1) is 8.04. The number of carbonyl (C=O) groups excluding carboxylic acids is 1. The molecule has 0 fully saturated rings. The minimum atomic E-state index is -0.272. The van der Waals surface area contributed by atoms with E-state index >= 15 is 0 Å². The normalized spacial score (nSPS) is 17.5. The highest BCUT2D eigenvalue weighted by Gasteiger charge is 2.30. The molecule has 1 aliphatic heterocycles. The second kappa shape index (κ2) is 4.86. The highest BCUT2D eigenvalue weighted by atomic mass is 79.9. The van der Waals surface area contributed by atoms with Gasteiger partial charge in [-0.25, -0.2) is 0 Å². The Balaban J connectivity index is 2.35. The van der Waals surface area contributed by atoms with Crippen molar-refractivity contribution in [2.45, 2.75) is 12.3 Å². The van der Waals surface area contributed by atoms with Crippen LogP contribution in [0.2, 0.25) is 0 Å². The fraction of sp³-hybridized carbons (Fsp3) is 0.364. The van der Waals surface area contributed by atoms with E-state index in [1.165, 1.54) is 7.11 Å². The molecule has 0 aromatic heterocycles. The highest BCUT2D eigenvalue weighted by Crippen LogP contribution is 2.48. The molecule has 0 saturated heterocycles. The first-order valence-electron chi connectivity index (χ1n) is 4.95. The summed E-state index contributed by atoms with van der Waals surface area (Å²) in [6.07, 6.45) is 0.271. The standard InChI is InChI=1S/C11H10Br2O4/c1-16-8(14)2-5-4-17-11-6(5)3-7(12)10(15)9(11)13/h3,5,15H,2,4H2,1H3. The number of phenolic OH excluding ortho intramolecular Hbond substituents is 1. The Bertz CT molecular complexity index is 473. The molecule has 0 bridgehead atoms. The zero-order valence-corrected chi connectivity index (χ0v) is 12.2. The summed E-state index contributed by atoms with van der Waals surface area (Å²) in [6.45, 7) is 0.416. The number of fused-ring (bicyclic) bond motifs is 1. The summed E-state index contributed by atoms with van der Waals surface area (Å²) in [6, 6.07) is 1.77. The maximum Gasteiger partial charge on any atom is 0.306 e. The average Bonchev–Trinajstić information content (AvgIpc) is 2.69. The van der Waals surface area contributed by atoms with Crippen molar-refractivity contribution < 1.29 is 19.4 Å². The van der Waals surface area contributed by atoms with E-state index in [-0.39, 0.29) is 24.1 Å². The van der Waals surface area contributed by atoms with Crippen LogP contribution in [0.25, 0.3) is 0 Å². The molecule has 6 heteroatoms. The summed E-state index contributed by atoms with van der Waals surface area (Å²) in [7, 11) is 1.36. The number of hydrogen-bond donors (Lipinski definition) is 1. The third kappa shape index (κ3) is 2.28. The molecule has 2 rings (SSSR count). The van der Waals surface area contributed by atoms with Gasteiger partial charge in [0.2, 0.25) is 0 Å². The smallest absolute Gasteiger partial charge is 0.306 e. The molecule has 1 N–H and O–H groups in total. The van der Waals surface area contributed by atoms with Crippen LogP contribution in [0.1, 0.15) is 17.9 Å². The molecule has 1 aliphatic rings. The third-order valence-corrected chi connectivity index (χ3v) is 4.03. The predicted octanol–water partition coefficient (Wildman–Crippen LogP) is 2.96. The molecule has 4 nitrogen and oxygen atoms in total. The lowest BCUT2D eigenvalue weighted by Gasteiger charge is -2.09. The van der Waals surface area contributed by atoms with Crippen molar-refractivity contribution in [3.05, 3.63) is 20.6 Å². The largest absolute Gasteiger partial charge is 0.505 e. The van der Waals surface area contributed by atoms with Crippen molar-refractivity contribution >= 4 is 37.8 Å². The van der Waals surface area contributed by atoms with E-state index in [9.17, 15) is 9.90 Å². The summed E-state index contributed by atoms with van der Waals surface area (Å²) in [5.74, 6) is 0.388. The second-order valence-electron chi connectivity index (χ2n) is 3.73. The van der Waals surface area contributed by atoms with Crippen molar-refractivity contribution in [2.24, 2.45) is 0 Å². The Morgan fingerprint density at radius 3 is 3.00 bits per heavy atom. The molecule has 0 saturated carbocycles. The SMILES string of the molecule is COC(=O)CC1COc2c1cc(Br)c(O)c2Br. The average molecular weight is 366 g/mol. The minimum absolute atomic E-state index is 0.0364. The second-order valence-corrected chi connectivity index (χ2v) is 5.37. The summed E-state index contributed by atoms with van der Waals surface area (Å²) >= 11 is 6.53. The first kappa shape index (κ1) is 12.7. The molecule has 0 radical (unpaired) electrons. The Hall–Kier alpha value is -0.750. The number of hydrogen-bond acceptors (Lipinski definition) is 4. The molecule has 1 atom stereocenters. The number of rotatable bonds is 2. The van der Waals surface area contributed by atoms with Crippen LogP contribution in [-0.4, -0.2) is 24.8 Å². The van der Waals surface area contributed by atoms with Crippen LogP contribution in [-0.2, 0) is 9.53 Å². The van der Waals surface area contributed by atoms with Gasteiger partial charge in [-0.1, -0.05) is 0 Å². The maximum absolute atomic E-state index is 11.3. The quantitative estimate of drug-likeness (QED) is 0.818. The van der Waals surface area contributed by atoms with Crippen LogP contribution < -0.4 is 4.74 Å². The summed E-state index contributed by atoms with van der Waals surface area (Å²) in [5.41, 5.74) is 0.895. The van der Waals surface area contributed by atoms with Gasteiger partial charge in [-0.05, 0) is 37.9 Å². The minimum Gasteiger partial charge on any atom is -0.505 e. The zero-order valence-electron chi connectivity index (χ0n) is 9.00. The Kier molecular flexibility index (Phi) is 3.63. The molecule has 0 amide bonds. The zero-order chi connectivity index (χ0) is 12.6. The molecule has 17 heavy (non-hydrogen) atoms. The molecule has 1 aromatic carbocycles. The van der Waals surface area contributed by atoms with Crippen molar-refractivity contribution in [2.75, 3.05) is 13.7 Å². The van der Waals surface area contributed by atoms with Gasteiger partial charge < -0.3 is 14.6 Å². The molecule has 1 unspecified atom stereocenters. The molecule has 1 aromatic rings. The summed E-state index contributed by atoms with van der Waals surface area (Å²) in [5, 5.41) is 9.72. The number of phenols is 1. The third-order valence-electron chi connectivity index (χ3n) is 2.69. The molecule has 0 spiro atoms. The maximum atomic E-state index is 11.3. The van der Waals surface area contributed by atoms with Crippen LogP contribution in [0, 0.1) is 0 Å². The summed E-state index contributed by atoms with van der Waals surface area (Å²) in [4.78, 5) is 11.3. The van der Waals surface area contributed by atoms with Gasteiger partial charge in [-0.3, -0.25) is 4.79 Å². The van der Waals surface area contributed by atoms with Crippen LogP contribution >= 0.6 is 31.9 Å². The van der Waals surface area contributed by atoms with Crippen molar-refractivity contribution in [3.8, 4) is 11.5 Å². The molecule has 1 heterocycles. The van der Waals surface area contributed by atoms with Gasteiger partial charge in [-0.15, -0.1) is 0 Å². The number of aromatic hydroxyl groups is 1. The van der Waals surface area contributed by atoms with E-state index in [2.05, 4.69) is 36.6 Å². The van der Waals surface area contributed by atoms with E-state index in [1.54, 1.807) is 6.07 Å². The number of halogens is 2. The Labute approximate surface area is 115 Å². The lowest BCUT2D eigenvalue weighted by atomic mass is 9.98.